The molecule has 2 heterocycles. The number of aryl methyl sites for hydroxylation is 1. The molecule has 0 bridgehead atoms. The lowest BCUT2D eigenvalue weighted by atomic mass is 10.4. The zero-order valence-electron chi connectivity index (χ0n) is 9.00. The number of hydrogen-bond donors (Lipinski definition) is 1. The molecule has 0 aromatic carbocycles. The van der Waals surface area contributed by atoms with Gasteiger partial charge in [0.1, 0.15) is 5.01 Å². The molecule has 0 saturated heterocycles. The topological polar surface area (TPSA) is 24.9 Å². The normalized spacial score (nSPS) is 10.9. The fraction of sp³-hybridized carbons (Fsp3) is 0.364. The van der Waals surface area contributed by atoms with Gasteiger partial charge >= 0.3 is 0 Å². The highest BCUT2D eigenvalue weighted by Gasteiger charge is 2.01. The minimum absolute atomic E-state index is 0.823. The van der Waals surface area contributed by atoms with Crippen molar-refractivity contribution in [2.45, 2.75) is 26.4 Å². The first-order valence-corrected chi connectivity index (χ1v) is 7.22. The van der Waals surface area contributed by atoms with Gasteiger partial charge in [0.15, 0.2) is 0 Å². The van der Waals surface area contributed by atoms with Gasteiger partial charge in [-0.15, -0.1) is 22.7 Å². The van der Waals surface area contributed by atoms with E-state index in [0.717, 1.165) is 29.5 Å². The van der Waals surface area contributed by atoms with E-state index in [9.17, 15) is 0 Å². The molecule has 86 valence electrons. The second-order valence-corrected chi connectivity index (χ2v) is 6.04. The lowest BCUT2D eigenvalue weighted by molar-refractivity contribution is 0.697. The first-order valence-electron chi connectivity index (χ1n) is 5.15. The third kappa shape index (κ3) is 3.28. The average molecular weight is 273 g/mol. The van der Waals surface area contributed by atoms with E-state index in [1.54, 1.807) is 22.7 Å². The van der Waals surface area contributed by atoms with Crippen LogP contribution >= 0.6 is 34.3 Å². The van der Waals surface area contributed by atoms with Gasteiger partial charge in [0, 0.05) is 34.4 Å². The Bertz CT molecular complexity index is 450. The van der Waals surface area contributed by atoms with E-state index < -0.39 is 0 Å². The van der Waals surface area contributed by atoms with Crippen LogP contribution in [0.3, 0.4) is 0 Å². The lowest BCUT2D eigenvalue weighted by Gasteiger charge is -1.98. The maximum Gasteiger partial charge on any atom is 0.107 e. The highest BCUT2D eigenvalue weighted by molar-refractivity contribution is 7.11. The summed E-state index contributed by atoms with van der Waals surface area (Å²) in [5, 5.41) is 7.30. The van der Waals surface area contributed by atoms with Crippen LogP contribution in [0.1, 0.15) is 21.7 Å². The fourth-order valence-electron chi connectivity index (χ4n) is 1.33. The molecule has 0 radical (unpaired) electrons. The van der Waals surface area contributed by atoms with Crippen molar-refractivity contribution in [2.24, 2.45) is 0 Å². The number of hydrogen-bond acceptors (Lipinski definition) is 4. The van der Waals surface area contributed by atoms with Crippen LogP contribution in [-0.2, 0) is 19.5 Å². The largest absolute Gasteiger partial charge is 0.306 e. The molecular formula is C11H13ClN2S2. The first-order chi connectivity index (χ1) is 7.78. The summed E-state index contributed by atoms with van der Waals surface area (Å²) in [5.74, 6) is 0. The summed E-state index contributed by atoms with van der Waals surface area (Å²) in [6.45, 7) is 3.84. The molecule has 0 amide bonds. The molecule has 2 aromatic rings. The molecular weight excluding hydrogens is 260 g/mol. The van der Waals surface area contributed by atoms with E-state index in [0.29, 0.717) is 0 Å². The summed E-state index contributed by atoms with van der Waals surface area (Å²) in [7, 11) is 0. The molecule has 0 aliphatic heterocycles. The van der Waals surface area contributed by atoms with Crippen LogP contribution in [0.15, 0.2) is 17.6 Å². The number of thiophene rings is 1. The molecule has 2 aromatic heterocycles. The zero-order chi connectivity index (χ0) is 11.4. The Hall–Kier alpha value is -0.420. The Balaban J connectivity index is 1.79. The fourth-order valence-corrected chi connectivity index (χ4v) is 3.21. The van der Waals surface area contributed by atoms with Gasteiger partial charge in [-0.2, -0.15) is 0 Å². The molecule has 1 N–H and O–H groups in total. The predicted molar refractivity (Wildman–Crippen MR) is 71.4 cm³/mol. The van der Waals surface area contributed by atoms with Crippen molar-refractivity contribution >= 4 is 34.3 Å². The molecule has 5 heteroatoms. The van der Waals surface area contributed by atoms with Crippen LogP contribution in [0.5, 0.6) is 0 Å². The Morgan fingerprint density at radius 2 is 2.25 bits per heavy atom. The Labute approximate surface area is 108 Å². The molecule has 0 unspecified atom stereocenters. The van der Waals surface area contributed by atoms with Gasteiger partial charge < -0.3 is 5.32 Å². The van der Waals surface area contributed by atoms with Crippen LogP contribution in [0.2, 0.25) is 5.02 Å². The molecule has 0 atom stereocenters. The second-order valence-electron chi connectivity index (χ2n) is 3.41. The first kappa shape index (κ1) is 12.0. The molecule has 2 rings (SSSR count). The maximum absolute atomic E-state index is 5.85. The summed E-state index contributed by atoms with van der Waals surface area (Å²) in [4.78, 5) is 6.96. The summed E-state index contributed by atoms with van der Waals surface area (Å²) in [6.07, 6.45) is 3.03. The summed E-state index contributed by atoms with van der Waals surface area (Å²) in [6, 6.07) is 2.00. The van der Waals surface area contributed by atoms with Crippen LogP contribution in [0, 0.1) is 0 Å². The molecule has 0 fully saturated rings. The van der Waals surface area contributed by atoms with E-state index in [-0.39, 0.29) is 0 Å². The quantitative estimate of drug-likeness (QED) is 0.898. The average Bonchev–Trinajstić information content (AvgIpc) is 2.88. The smallest absolute Gasteiger partial charge is 0.107 e. The van der Waals surface area contributed by atoms with Crippen LogP contribution in [0.25, 0.3) is 0 Å². The molecule has 0 spiro atoms. The monoisotopic (exact) mass is 272 g/mol. The van der Waals surface area contributed by atoms with Crippen LogP contribution in [0.4, 0.5) is 0 Å². The minimum atomic E-state index is 0.823. The van der Waals surface area contributed by atoms with Gasteiger partial charge in [0.05, 0.1) is 5.02 Å². The van der Waals surface area contributed by atoms with E-state index in [1.165, 1.54) is 9.75 Å². The van der Waals surface area contributed by atoms with Gasteiger partial charge in [-0.25, -0.2) is 4.98 Å². The third-order valence-electron chi connectivity index (χ3n) is 2.15. The Kier molecular flexibility index (Phi) is 4.35. The molecule has 0 saturated carbocycles. The van der Waals surface area contributed by atoms with E-state index in [1.807, 2.05) is 17.6 Å². The van der Waals surface area contributed by atoms with E-state index >= 15 is 0 Å². The number of rotatable bonds is 5. The molecule has 16 heavy (non-hydrogen) atoms. The second kappa shape index (κ2) is 5.77. The van der Waals surface area contributed by atoms with Gasteiger partial charge in [0.25, 0.3) is 0 Å². The van der Waals surface area contributed by atoms with Crippen molar-refractivity contribution in [1.82, 2.24) is 10.3 Å². The number of nitrogens with one attached hydrogen (secondary N) is 1. The highest BCUT2D eigenvalue weighted by atomic mass is 35.5. The zero-order valence-corrected chi connectivity index (χ0v) is 11.4. The lowest BCUT2D eigenvalue weighted by Crippen LogP contribution is -2.11. The van der Waals surface area contributed by atoms with Crippen molar-refractivity contribution in [3.63, 3.8) is 0 Å². The minimum Gasteiger partial charge on any atom is -0.306 e. The number of aromatic nitrogens is 1. The standard InChI is InChI=1S/C11H13ClN2S2/c1-2-9-5-14-11(16-9)6-13-4-10-3-8(12)7-15-10/h3,5,7,13H,2,4,6H2,1H3. The van der Waals surface area contributed by atoms with E-state index in [2.05, 4.69) is 17.2 Å². The van der Waals surface area contributed by atoms with Gasteiger partial charge in [-0.05, 0) is 12.5 Å². The van der Waals surface area contributed by atoms with Crippen molar-refractivity contribution in [2.75, 3.05) is 0 Å². The highest BCUT2D eigenvalue weighted by Crippen LogP contribution is 2.19. The number of nitrogens with zero attached hydrogens (tertiary/aromatic N) is 1. The van der Waals surface area contributed by atoms with Crippen molar-refractivity contribution < 1.29 is 0 Å². The van der Waals surface area contributed by atoms with Crippen molar-refractivity contribution in [1.29, 1.82) is 0 Å². The summed E-state index contributed by atoms with van der Waals surface area (Å²) >= 11 is 9.31. The van der Waals surface area contributed by atoms with E-state index in [4.69, 9.17) is 11.6 Å². The molecule has 2 nitrogen and oxygen atoms in total. The van der Waals surface area contributed by atoms with Crippen LogP contribution in [-0.4, -0.2) is 4.98 Å². The van der Waals surface area contributed by atoms with Gasteiger partial charge in [0.2, 0.25) is 0 Å². The van der Waals surface area contributed by atoms with Crippen molar-refractivity contribution in [3.05, 3.63) is 37.4 Å². The Morgan fingerprint density at radius 1 is 1.38 bits per heavy atom. The molecule has 0 aliphatic carbocycles. The molecule has 0 aliphatic rings. The van der Waals surface area contributed by atoms with Gasteiger partial charge in [-0.3, -0.25) is 0 Å². The SMILES string of the molecule is CCc1cnc(CNCc2cc(Cl)cs2)s1. The maximum atomic E-state index is 5.85. The summed E-state index contributed by atoms with van der Waals surface area (Å²) in [5.41, 5.74) is 0. The van der Waals surface area contributed by atoms with Crippen LogP contribution < -0.4 is 5.32 Å². The van der Waals surface area contributed by atoms with Crippen molar-refractivity contribution in [3.8, 4) is 0 Å². The Morgan fingerprint density at radius 3 is 2.88 bits per heavy atom. The third-order valence-corrected chi connectivity index (χ3v) is 4.57. The predicted octanol–water partition coefficient (Wildman–Crippen LogP) is 3.71. The summed E-state index contributed by atoms with van der Waals surface area (Å²) < 4.78 is 0. The van der Waals surface area contributed by atoms with Gasteiger partial charge in [-0.1, -0.05) is 18.5 Å². The number of thiazole rings is 1. The number of halogens is 1.